The fourth-order valence-electron chi connectivity index (χ4n) is 1.29. The Hall–Kier alpha value is -1.78. The molecule has 0 atom stereocenters. The van der Waals surface area contributed by atoms with Crippen LogP contribution in [0.25, 0.3) is 6.08 Å². The van der Waals surface area contributed by atoms with Crippen LogP contribution in [0, 0.1) is 0 Å². The summed E-state index contributed by atoms with van der Waals surface area (Å²) in [6.07, 6.45) is 5.04. The van der Waals surface area contributed by atoms with Gasteiger partial charge in [-0.25, -0.2) is 4.99 Å². The van der Waals surface area contributed by atoms with Crippen molar-refractivity contribution in [3.8, 4) is 0 Å². The third-order valence-corrected chi connectivity index (χ3v) is 1.85. The van der Waals surface area contributed by atoms with Crippen LogP contribution < -0.4 is 11.5 Å². The van der Waals surface area contributed by atoms with Crippen molar-refractivity contribution in [1.29, 1.82) is 0 Å². The lowest BCUT2D eigenvalue weighted by Crippen LogP contribution is -2.02. The van der Waals surface area contributed by atoms with E-state index in [-0.39, 0.29) is 0 Å². The molecule has 0 radical (unpaired) electrons. The van der Waals surface area contributed by atoms with Crippen LogP contribution in [0.15, 0.2) is 11.1 Å². The van der Waals surface area contributed by atoms with E-state index < -0.39 is 0 Å². The van der Waals surface area contributed by atoms with E-state index in [2.05, 4.69) is 9.98 Å². The number of nitrogens with two attached hydrogens (primary N) is 2. The Morgan fingerprint density at radius 3 is 2.79 bits per heavy atom. The molecule has 1 heterocycles. The minimum atomic E-state index is 0.459. The number of imidazole rings is 1. The maximum absolute atomic E-state index is 5.72. The summed E-state index contributed by atoms with van der Waals surface area (Å²) in [5, 5.41) is 0. The number of nitrogens with zero attached hydrogens (tertiary/aromatic N) is 3. The lowest BCUT2D eigenvalue weighted by Gasteiger charge is -2.02. The molecular formula is C9H15N5. The molecule has 5 heteroatoms. The first-order valence-electron chi connectivity index (χ1n) is 4.47. The molecular weight excluding hydrogens is 178 g/mol. The van der Waals surface area contributed by atoms with Gasteiger partial charge in [0.1, 0.15) is 0 Å². The van der Waals surface area contributed by atoms with E-state index in [0.29, 0.717) is 11.8 Å². The third-order valence-electron chi connectivity index (χ3n) is 1.85. The van der Waals surface area contributed by atoms with Crippen molar-refractivity contribution in [3.05, 3.63) is 11.8 Å². The molecule has 1 aromatic heterocycles. The van der Waals surface area contributed by atoms with Crippen molar-refractivity contribution >= 4 is 24.2 Å². The molecule has 1 rings (SSSR count). The average molecular weight is 193 g/mol. The number of anilines is 1. The second-order valence-electron chi connectivity index (χ2n) is 2.70. The van der Waals surface area contributed by atoms with Gasteiger partial charge in [-0.1, -0.05) is 6.08 Å². The number of hydrogen-bond acceptors (Lipinski definition) is 3. The van der Waals surface area contributed by atoms with Crippen molar-refractivity contribution in [1.82, 2.24) is 9.55 Å². The number of rotatable bonds is 3. The SMILES string of the molecule is C/C=C\c1c(/N=C\N)nc(N)n1CC. The van der Waals surface area contributed by atoms with Crippen LogP contribution in [0.5, 0.6) is 0 Å². The van der Waals surface area contributed by atoms with Gasteiger partial charge in [-0.2, -0.15) is 4.98 Å². The molecule has 0 aliphatic carbocycles. The molecule has 76 valence electrons. The van der Waals surface area contributed by atoms with Crippen LogP contribution in [0.3, 0.4) is 0 Å². The van der Waals surface area contributed by atoms with Gasteiger partial charge < -0.3 is 16.0 Å². The molecule has 0 aliphatic rings. The first kappa shape index (κ1) is 10.3. The Kier molecular flexibility index (Phi) is 3.28. The number of aromatic nitrogens is 2. The summed E-state index contributed by atoms with van der Waals surface area (Å²) in [6, 6.07) is 0. The van der Waals surface area contributed by atoms with E-state index in [1.54, 1.807) is 0 Å². The number of hydrogen-bond donors (Lipinski definition) is 2. The summed E-state index contributed by atoms with van der Waals surface area (Å²) in [5.74, 6) is 1.02. The topological polar surface area (TPSA) is 82.2 Å². The number of allylic oxidation sites excluding steroid dienone is 1. The molecule has 1 aromatic rings. The Balaban J connectivity index is 3.29. The molecule has 0 fully saturated rings. The Bertz CT molecular complexity index is 362. The van der Waals surface area contributed by atoms with Crippen LogP contribution >= 0.6 is 0 Å². The van der Waals surface area contributed by atoms with Gasteiger partial charge in [0, 0.05) is 6.54 Å². The second kappa shape index (κ2) is 4.45. The van der Waals surface area contributed by atoms with E-state index in [1.807, 2.05) is 30.6 Å². The summed E-state index contributed by atoms with van der Waals surface area (Å²) in [7, 11) is 0. The molecule has 0 aliphatic heterocycles. The van der Waals surface area contributed by atoms with E-state index in [9.17, 15) is 0 Å². The van der Waals surface area contributed by atoms with Crippen LogP contribution in [0.2, 0.25) is 0 Å². The van der Waals surface area contributed by atoms with E-state index >= 15 is 0 Å². The molecule has 0 amide bonds. The van der Waals surface area contributed by atoms with Crippen molar-refractivity contribution < 1.29 is 0 Å². The lowest BCUT2D eigenvalue weighted by molar-refractivity contribution is 0.767. The summed E-state index contributed by atoms with van der Waals surface area (Å²) in [5.41, 5.74) is 11.8. The van der Waals surface area contributed by atoms with Gasteiger partial charge in [0.15, 0.2) is 5.82 Å². The average Bonchev–Trinajstić information content (AvgIpc) is 2.44. The molecule has 0 bridgehead atoms. The quantitative estimate of drug-likeness (QED) is 0.557. The third kappa shape index (κ3) is 1.76. The lowest BCUT2D eigenvalue weighted by atomic mass is 10.3. The van der Waals surface area contributed by atoms with Gasteiger partial charge in [-0.15, -0.1) is 0 Å². The minimum absolute atomic E-state index is 0.459. The molecule has 0 spiro atoms. The first-order valence-corrected chi connectivity index (χ1v) is 4.47. The summed E-state index contributed by atoms with van der Waals surface area (Å²) in [6.45, 7) is 4.69. The van der Waals surface area contributed by atoms with Gasteiger partial charge in [0.2, 0.25) is 5.95 Å². The zero-order chi connectivity index (χ0) is 10.6. The summed E-state index contributed by atoms with van der Waals surface area (Å²) >= 11 is 0. The Labute approximate surface area is 83.1 Å². The molecule has 4 N–H and O–H groups in total. The minimum Gasteiger partial charge on any atom is -0.390 e. The van der Waals surface area contributed by atoms with Crippen molar-refractivity contribution in [2.45, 2.75) is 20.4 Å². The highest BCUT2D eigenvalue weighted by atomic mass is 15.2. The maximum Gasteiger partial charge on any atom is 0.202 e. The molecule has 5 nitrogen and oxygen atoms in total. The maximum atomic E-state index is 5.72. The normalized spacial score (nSPS) is 11.9. The number of aliphatic imine (C=N–C) groups is 1. The molecule has 0 aromatic carbocycles. The smallest absolute Gasteiger partial charge is 0.202 e. The largest absolute Gasteiger partial charge is 0.390 e. The van der Waals surface area contributed by atoms with E-state index in [1.165, 1.54) is 6.34 Å². The fourth-order valence-corrected chi connectivity index (χ4v) is 1.29. The highest BCUT2D eigenvalue weighted by Gasteiger charge is 2.09. The van der Waals surface area contributed by atoms with Crippen LogP contribution in [0.4, 0.5) is 11.8 Å². The molecule has 0 saturated heterocycles. The standard InChI is InChI=1S/C9H15N5/c1-3-5-7-8(12-6-10)13-9(11)14(7)4-2/h3,5-6H,4H2,1-2H3,(H2,10,12)(H2,11,13)/b5-3-. The number of nitrogen functional groups attached to an aromatic ring is 1. The fraction of sp³-hybridized carbons (Fsp3) is 0.333. The van der Waals surface area contributed by atoms with Crippen molar-refractivity contribution in [3.63, 3.8) is 0 Å². The van der Waals surface area contributed by atoms with Gasteiger partial charge in [-0.05, 0) is 19.9 Å². The van der Waals surface area contributed by atoms with Crippen LogP contribution in [-0.4, -0.2) is 15.9 Å². The predicted molar refractivity (Wildman–Crippen MR) is 59.4 cm³/mol. The molecule has 0 saturated carbocycles. The van der Waals surface area contributed by atoms with Gasteiger partial charge in [0.25, 0.3) is 0 Å². The van der Waals surface area contributed by atoms with Gasteiger partial charge in [0.05, 0.1) is 12.0 Å². The van der Waals surface area contributed by atoms with Crippen molar-refractivity contribution in [2.24, 2.45) is 10.7 Å². The monoisotopic (exact) mass is 193 g/mol. The van der Waals surface area contributed by atoms with Crippen LogP contribution in [-0.2, 0) is 6.54 Å². The predicted octanol–water partition coefficient (Wildman–Crippen LogP) is 1.14. The Morgan fingerprint density at radius 2 is 2.29 bits per heavy atom. The summed E-state index contributed by atoms with van der Waals surface area (Å²) in [4.78, 5) is 8.05. The first-order chi connectivity index (χ1) is 6.74. The van der Waals surface area contributed by atoms with Gasteiger partial charge in [-0.3, -0.25) is 0 Å². The second-order valence-corrected chi connectivity index (χ2v) is 2.70. The van der Waals surface area contributed by atoms with Gasteiger partial charge >= 0.3 is 0 Å². The van der Waals surface area contributed by atoms with E-state index in [0.717, 1.165) is 12.2 Å². The molecule has 0 unspecified atom stereocenters. The zero-order valence-corrected chi connectivity index (χ0v) is 8.44. The highest BCUT2D eigenvalue weighted by molar-refractivity contribution is 5.66. The highest BCUT2D eigenvalue weighted by Crippen LogP contribution is 2.22. The van der Waals surface area contributed by atoms with Crippen molar-refractivity contribution in [2.75, 3.05) is 5.73 Å². The zero-order valence-electron chi connectivity index (χ0n) is 8.44. The van der Waals surface area contributed by atoms with E-state index in [4.69, 9.17) is 11.5 Å². The summed E-state index contributed by atoms with van der Waals surface area (Å²) < 4.78 is 1.88. The van der Waals surface area contributed by atoms with Crippen LogP contribution in [0.1, 0.15) is 19.5 Å². The Morgan fingerprint density at radius 1 is 1.57 bits per heavy atom. The molecule has 14 heavy (non-hydrogen) atoms.